The molecule has 29 heavy (non-hydrogen) atoms. The number of nitrogens with one attached hydrogen (secondary N) is 1. The van der Waals surface area contributed by atoms with Crippen molar-refractivity contribution in [3.63, 3.8) is 0 Å². The summed E-state index contributed by atoms with van der Waals surface area (Å²) in [5, 5.41) is 12.1. The van der Waals surface area contributed by atoms with Gasteiger partial charge in [-0.25, -0.2) is 0 Å². The van der Waals surface area contributed by atoms with E-state index in [-0.39, 0.29) is 11.7 Å². The van der Waals surface area contributed by atoms with Crippen LogP contribution in [0.1, 0.15) is 11.3 Å². The van der Waals surface area contributed by atoms with Gasteiger partial charge in [-0.2, -0.15) is 0 Å². The Labute approximate surface area is 172 Å². The standard InChI is InChI=1S/C21H19N5O2S/c1-15-6-8-17(9-7-15)23-19(27)14-29-21-25-24-20(16-4-2-10-22-12-16)26(21)13-18-5-3-11-28-18/h2-12H,13-14H2,1H3,(H,23,27). The zero-order valence-electron chi connectivity index (χ0n) is 15.8. The molecule has 0 radical (unpaired) electrons. The fourth-order valence-electron chi connectivity index (χ4n) is 2.77. The van der Waals surface area contributed by atoms with E-state index in [1.807, 2.05) is 60.0 Å². The lowest BCUT2D eigenvalue weighted by Gasteiger charge is -2.09. The maximum absolute atomic E-state index is 12.4. The minimum absolute atomic E-state index is 0.102. The van der Waals surface area contributed by atoms with E-state index in [1.165, 1.54) is 11.8 Å². The van der Waals surface area contributed by atoms with Gasteiger partial charge in [-0.3, -0.25) is 14.3 Å². The summed E-state index contributed by atoms with van der Waals surface area (Å²) in [5.41, 5.74) is 2.77. The molecule has 0 saturated carbocycles. The number of thioether (sulfide) groups is 1. The molecule has 146 valence electrons. The molecule has 0 fully saturated rings. The summed E-state index contributed by atoms with van der Waals surface area (Å²) < 4.78 is 7.42. The Kier molecular flexibility index (Phi) is 5.71. The number of carbonyl (C=O) groups excluding carboxylic acids is 1. The normalized spacial score (nSPS) is 10.8. The largest absolute Gasteiger partial charge is 0.467 e. The van der Waals surface area contributed by atoms with Crippen LogP contribution in [0, 0.1) is 6.92 Å². The summed E-state index contributed by atoms with van der Waals surface area (Å²) in [7, 11) is 0. The van der Waals surface area contributed by atoms with Crippen LogP contribution in [0.3, 0.4) is 0 Å². The van der Waals surface area contributed by atoms with Crippen molar-refractivity contribution in [3.05, 3.63) is 78.5 Å². The van der Waals surface area contributed by atoms with Gasteiger partial charge in [0.05, 0.1) is 18.6 Å². The third-order valence-corrected chi connectivity index (χ3v) is 5.17. The van der Waals surface area contributed by atoms with Crippen LogP contribution in [0.5, 0.6) is 0 Å². The van der Waals surface area contributed by atoms with Gasteiger partial charge < -0.3 is 9.73 Å². The first-order valence-corrected chi connectivity index (χ1v) is 10.0. The minimum Gasteiger partial charge on any atom is -0.467 e. The molecule has 1 N–H and O–H groups in total. The molecule has 3 aromatic heterocycles. The van der Waals surface area contributed by atoms with Gasteiger partial charge in [0, 0.05) is 23.6 Å². The third-order valence-electron chi connectivity index (χ3n) is 4.20. The highest BCUT2D eigenvalue weighted by molar-refractivity contribution is 7.99. The van der Waals surface area contributed by atoms with Crippen LogP contribution in [0.2, 0.25) is 0 Å². The highest BCUT2D eigenvalue weighted by Gasteiger charge is 2.17. The zero-order chi connectivity index (χ0) is 20.1. The first-order chi connectivity index (χ1) is 14.2. The van der Waals surface area contributed by atoms with E-state index in [9.17, 15) is 4.79 Å². The predicted octanol–water partition coefficient (Wildman–Crippen LogP) is 4.02. The SMILES string of the molecule is Cc1ccc(NC(=O)CSc2nnc(-c3cccnc3)n2Cc2ccco2)cc1. The second kappa shape index (κ2) is 8.74. The Balaban J connectivity index is 1.51. The van der Waals surface area contributed by atoms with E-state index in [2.05, 4.69) is 20.5 Å². The van der Waals surface area contributed by atoms with Gasteiger partial charge in [-0.05, 0) is 43.3 Å². The molecule has 0 aliphatic heterocycles. The molecule has 0 atom stereocenters. The fourth-order valence-corrected chi connectivity index (χ4v) is 3.51. The summed E-state index contributed by atoms with van der Waals surface area (Å²) in [5.74, 6) is 1.57. The molecule has 3 heterocycles. The molecule has 4 aromatic rings. The minimum atomic E-state index is -0.102. The Morgan fingerprint density at radius 3 is 2.72 bits per heavy atom. The number of nitrogens with zero attached hydrogens (tertiary/aromatic N) is 4. The second-order valence-corrected chi connectivity index (χ2v) is 7.36. The molecule has 0 aliphatic carbocycles. The Morgan fingerprint density at radius 2 is 2.00 bits per heavy atom. The number of benzene rings is 1. The molecule has 0 spiro atoms. The smallest absolute Gasteiger partial charge is 0.234 e. The van der Waals surface area contributed by atoms with E-state index in [1.54, 1.807) is 18.7 Å². The Bertz CT molecular complexity index is 1080. The van der Waals surface area contributed by atoms with Crippen molar-refractivity contribution in [3.8, 4) is 11.4 Å². The number of amides is 1. The monoisotopic (exact) mass is 405 g/mol. The van der Waals surface area contributed by atoms with Crippen molar-refractivity contribution in [2.24, 2.45) is 0 Å². The number of pyridine rings is 1. The number of rotatable bonds is 7. The van der Waals surface area contributed by atoms with Crippen molar-refractivity contribution < 1.29 is 9.21 Å². The summed E-state index contributed by atoms with van der Waals surface area (Å²) >= 11 is 1.33. The lowest BCUT2D eigenvalue weighted by atomic mass is 10.2. The number of hydrogen-bond acceptors (Lipinski definition) is 6. The van der Waals surface area contributed by atoms with Gasteiger partial charge in [-0.15, -0.1) is 10.2 Å². The van der Waals surface area contributed by atoms with Gasteiger partial charge >= 0.3 is 0 Å². The van der Waals surface area contributed by atoms with Crippen molar-refractivity contribution in [2.45, 2.75) is 18.6 Å². The second-order valence-electron chi connectivity index (χ2n) is 6.42. The van der Waals surface area contributed by atoms with Crippen molar-refractivity contribution in [2.75, 3.05) is 11.1 Å². The third kappa shape index (κ3) is 4.72. The Hall–Kier alpha value is -3.39. The van der Waals surface area contributed by atoms with Crippen LogP contribution in [-0.2, 0) is 11.3 Å². The van der Waals surface area contributed by atoms with E-state index >= 15 is 0 Å². The zero-order valence-corrected chi connectivity index (χ0v) is 16.6. The number of furan rings is 1. The quantitative estimate of drug-likeness (QED) is 0.468. The molecule has 1 aromatic carbocycles. The predicted molar refractivity (Wildman–Crippen MR) is 112 cm³/mol. The van der Waals surface area contributed by atoms with Crippen molar-refractivity contribution >= 4 is 23.4 Å². The number of carbonyl (C=O) groups is 1. The lowest BCUT2D eigenvalue weighted by Crippen LogP contribution is -2.14. The Morgan fingerprint density at radius 1 is 1.14 bits per heavy atom. The highest BCUT2D eigenvalue weighted by atomic mass is 32.2. The van der Waals surface area contributed by atoms with Crippen molar-refractivity contribution in [1.82, 2.24) is 19.7 Å². The first kappa shape index (κ1) is 18.9. The fraction of sp³-hybridized carbons (Fsp3) is 0.143. The molecule has 7 nitrogen and oxygen atoms in total. The molecule has 0 bridgehead atoms. The number of aryl methyl sites for hydroxylation is 1. The lowest BCUT2D eigenvalue weighted by molar-refractivity contribution is -0.113. The van der Waals surface area contributed by atoms with E-state index in [0.29, 0.717) is 17.5 Å². The number of hydrogen-bond donors (Lipinski definition) is 1. The van der Waals surface area contributed by atoms with Gasteiger partial charge in [0.25, 0.3) is 0 Å². The van der Waals surface area contributed by atoms with Crippen LogP contribution in [0.4, 0.5) is 5.69 Å². The van der Waals surface area contributed by atoms with Crippen molar-refractivity contribution in [1.29, 1.82) is 0 Å². The maximum Gasteiger partial charge on any atom is 0.234 e. The average Bonchev–Trinajstić information content (AvgIpc) is 3.39. The summed E-state index contributed by atoms with van der Waals surface area (Å²) in [6, 6.07) is 15.2. The number of aromatic nitrogens is 4. The summed E-state index contributed by atoms with van der Waals surface area (Å²) in [6.07, 6.45) is 5.08. The van der Waals surface area contributed by atoms with Crippen LogP contribution in [0.15, 0.2) is 76.8 Å². The van der Waals surface area contributed by atoms with Crippen LogP contribution < -0.4 is 5.32 Å². The first-order valence-electron chi connectivity index (χ1n) is 9.04. The molecule has 0 aliphatic rings. The topological polar surface area (TPSA) is 85.8 Å². The van der Waals surface area contributed by atoms with Gasteiger partial charge in [0.2, 0.25) is 5.91 Å². The molecule has 1 amide bonds. The van der Waals surface area contributed by atoms with Gasteiger partial charge in [0.15, 0.2) is 11.0 Å². The van der Waals surface area contributed by atoms with E-state index in [0.717, 1.165) is 22.6 Å². The molecular weight excluding hydrogens is 386 g/mol. The molecule has 4 rings (SSSR count). The average molecular weight is 405 g/mol. The molecule has 0 unspecified atom stereocenters. The number of anilines is 1. The molecule has 8 heteroatoms. The maximum atomic E-state index is 12.4. The summed E-state index contributed by atoms with van der Waals surface area (Å²) in [4.78, 5) is 16.5. The van der Waals surface area contributed by atoms with E-state index < -0.39 is 0 Å². The van der Waals surface area contributed by atoms with Crippen LogP contribution in [-0.4, -0.2) is 31.4 Å². The highest BCUT2D eigenvalue weighted by Crippen LogP contribution is 2.25. The summed E-state index contributed by atoms with van der Waals surface area (Å²) in [6.45, 7) is 2.47. The van der Waals surface area contributed by atoms with E-state index in [4.69, 9.17) is 4.42 Å². The molecule has 0 saturated heterocycles. The van der Waals surface area contributed by atoms with Crippen LogP contribution in [0.25, 0.3) is 11.4 Å². The van der Waals surface area contributed by atoms with Crippen LogP contribution >= 0.6 is 11.8 Å². The molecular formula is C21H19N5O2S. The van der Waals surface area contributed by atoms with Gasteiger partial charge in [-0.1, -0.05) is 29.5 Å². The van der Waals surface area contributed by atoms with Gasteiger partial charge in [0.1, 0.15) is 5.76 Å².